The lowest BCUT2D eigenvalue weighted by Gasteiger charge is -2.05. The fraction of sp³-hybridized carbons (Fsp3) is 0.118. The Morgan fingerprint density at radius 3 is 2.65 bits per heavy atom. The molecule has 20 heavy (non-hydrogen) atoms. The predicted molar refractivity (Wildman–Crippen MR) is 78.3 cm³/mol. The summed E-state index contributed by atoms with van der Waals surface area (Å²) >= 11 is 0. The van der Waals surface area contributed by atoms with Gasteiger partial charge in [0, 0.05) is 23.0 Å². The molecular weight excluding hydrogens is 359 g/mol. The molecule has 3 heterocycles. The molecule has 3 aromatic heterocycles. The molecule has 100 valence electrons. The third-order valence-electron chi connectivity index (χ3n) is 3.87. The summed E-state index contributed by atoms with van der Waals surface area (Å²) in [5.41, 5.74) is 3.86. The molecule has 4 rings (SSSR count). The summed E-state index contributed by atoms with van der Waals surface area (Å²) in [6.45, 7) is 2.18. The van der Waals surface area contributed by atoms with Crippen molar-refractivity contribution in [3.8, 4) is 0 Å². The number of pyridine rings is 2. The summed E-state index contributed by atoms with van der Waals surface area (Å²) in [7, 11) is 2.07. The zero-order valence-electron chi connectivity index (χ0n) is 11.5. The molecule has 0 aliphatic rings. The quantitative estimate of drug-likeness (QED) is 0.311. The van der Waals surface area contributed by atoms with Crippen LogP contribution in [0.4, 0.5) is 0 Å². The van der Waals surface area contributed by atoms with Gasteiger partial charge < -0.3 is 28.4 Å². The number of hydrogen-bond acceptors (Lipinski definition) is 0. The van der Waals surface area contributed by atoms with Crippen molar-refractivity contribution >= 4 is 27.2 Å². The summed E-state index contributed by atoms with van der Waals surface area (Å²) < 4.78 is 4.41. The third-order valence-corrected chi connectivity index (χ3v) is 3.87. The number of aromatic nitrogens is 2. The fourth-order valence-electron chi connectivity index (χ4n) is 2.93. The van der Waals surface area contributed by atoms with Crippen LogP contribution in [0.2, 0.25) is 0 Å². The Labute approximate surface area is 134 Å². The lowest BCUT2D eigenvalue weighted by Crippen LogP contribution is -3.00. The monoisotopic (exact) mass is 374 g/mol. The second-order valence-electron chi connectivity index (χ2n) is 5.21. The van der Waals surface area contributed by atoms with Crippen LogP contribution in [-0.2, 0) is 7.05 Å². The molecule has 1 aromatic carbocycles. The van der Waals surface area contributed by atoms with Gasteiger partial charge in [-0.25, -0.2) is 4.57 Å². The Morgan fingerprint density at radius 2 is 1.80 bits per heavy atom. The molecular formula is C17H15IN2. The molecule has 3 heteroatoms. The number of rotatable bonds is 0. The van der Waals surface area contributed by atoms with E-state index in [-0.39, 0.29) is 24.0 Å². The molecule has 0 saturated heterocycles. The number of nitrogens with zero attached hydrogens (tertiary/aromatic N) is 2. The van der Waals surface area contributed by atoms with Crippen LogP contribution >= 0.6 is 0 Å². The van der Waals surface area contributed by atoms with Gasteiger partial charge in [0.25, 0.3) is 0 Å². The van der Waals surface area contributed by atoms with Crippen LogP contribution in [0.25, 0.3) is 27.2 Å². The minimum atomic E-state index is 0. The highest BCUT2D eigenvalue weighted by Crippen LogP contribution is 2.27. The van der Waals surface area contributed by atoms with Crippen molar-refractivity contribution in [3.05, 3.63) is 60.6 Å². The summed E-state index contributed by atoms with van der Waals surface area (Å²) in [5, 5.41) is 3.93. The highest BCUT2D eigenvalue weighted by Gasteiger charge is 2.10. The van der Waals surface area contributed by atoms with E-state index in [2.05, 4.69) is 77.9 Å². The molecule has 0 amide bonds. The number of hydrogen-bond donors (Lipinski definition) is 0. The van der Waals surface area contributed by atoms with Gasteiger partial charge in [0.2, 0.25) is 0 Å². The van der Waals surface area contributed by atoms with Gasteiger partial charge >= 0.3 is 0 Å². The summed E-state index contributed by atoms with van der Waals surface area (Å²) in [4.78, 5) is 0. The average molecular weight is 374 g/mol. The van der Waals surface area contributed by atoms with Crippen LogP contribution in [0, 0.1) is 6.92 Å². The van der Waals surface area contributed by atoms with Crippen LogP contribution in [0.1, 0.15) is 5.56 Å². The maximum Gasteiger partial charge on any atom is 0.178 e. The molecule has 0 unspecified atom stereocenters. The Hall–Kier alpha value is -1.62. The summed E-state index contributed by atoms with van der Waals surface area (Å²) in [5.74, 6) is 0. The van der Waals surface area contributed by atoms with E-state index in [0.717, 1.165) is 0 Å². The molecule has 0 bridgehead atoms. The van der Waals surface area contributed by atoms with Crippen LogP contribution in [0.3, 0.4) is 0 Å². The second kappa shape index (κ2) is 4.74. The topological polar surface area (TPSA) is 8.29 Å². The number of benzene rings is 1. The number of fused-ring (bicyclic) bond motifs is 5. The van der Waals surface area contributed by atoms with Crippen LogP contribution in [-0.4, -0.2) is 4.40 Å². The Kier molecular flexibility index (Phi) is 3.17. The molecule has 4 aromatic rings. The molecule has 2 nitrogen and oxygen atoms in total. The second-order valence-corrected chi connectivity index (χ2v) is 5.21. The first-order valence-corrected chi connectivity index (χ1v) is 6.52. The van der Waals surface area contributed by atoms with Gasteiger partial charge in [0.1, 0.15) is 7.05 Å². The molecule has 0 N–H and O–H groups in total. The van der Waals surface area contributed by atoms with Gasteiger partial charge in [0.05, 0.1) is 16.4 Å². The van der Waals surface area contributed by atoms with Gasteiger partial charge in [0.15, 0.2) is 12.4 Å². The SMILES string of the molecule is Cc1cn2c3ccccc3cc2c2c[n+](C)ccc12.[I-]. The van der Waals surface area contributed by atoms with Gasteiger partial charge in [-0.2, -0.15) is 0 Å². The zero-order valence-corrected chi connectivity index (χ0v) is 13.6. The maximum atomic E-state index is 2.30. The van der Waals surface area contributed by atoms with E-state index in [1.165, 1.54) is 32.8 Å². The predicted octanol–water partition coefficient (Wildman–Crippen LogP) is 0.383. The maximum absolute atomic E-state index is 2.30. The number of halogens is 1. The van der Waals surface area contributed by atoms with E-state index in [1.54, 1.807) is 0 Å². The van der Waals surface area contributed by atoms with Crippen LogP contribution in [0.5, 0.6) is 0 Å². The largest absolute Gasteiger partial charge is 1.00 e. The highest BCUT2D eigenvalue weighted by molar-refractivity contribution is 6.02. The van der Waals surface area contributed by atoms with E-state index in [4.69, 9.17) is 0 Å². The molecule has 0 spiro atoms. The van der Waals surface area contributed by atoms with E-state index in [9.17, 15) is 0 Å². The van der Waals surface area contributed by atoms with Crippen LogP contribution < -0.4 is 28.5 Å². The molecule has 0 fully saturated rings. The first kappa shape index (κ1) is 13.4. The Bertz CT molecular complexity index is 938. The first-order valence-electron chi connectivity index (χ1n) is 6.52. The summed E-state index contributed by atoms with van der Waals surface area (Å²) in [6.07, 6.45) is 6.55. The van der Waals surface area contributed by atoms with Crippen molar-refractivity contribution in [2.75, 3.05) is 0 Å². The Balaban J connectivity index is 0.00000121. The lowest BCUT2D eigenvalue weighted by atomic mass is 10.1. The third kappa shape index (κ3) is 1.80. The number of aryl methyl sites for hydroxylation is 2. The first-order chi connectivity index (χ1) is 9.24. The van der Waals surface area contributed by atoms with Gasteiger partial charge in [-0.05, 0) is 24.6 Å². The molecule has 0 saturated carbocycles. The van der Waals surface area contributed by atoms with Gasteiger partial charge in [-0.1, -0.05) is 18.2 Å². The standard InChI is InChI=1S/C17H15N2.HI/c1-12-10-19-16-6-4-3-5-13(16)9-17(19)15-11-18(2)8-7-14(12)15;/h3-11H,1-2H3;1H/q+1;/p-1. The highest BCUT2D eigenvalue weighted by atomic mass is 127. The average Bonchev–Trinajstić information content (AvgIpc) is 2.78. The van der Waals surface area contributed by atoms with E-state index in [0.29, 0.717) is 0 Å². The molecule has 0 aliphatic heterocycles. The van der Waals surface area contributed by atoms with Crippen molar-refractivity contribution < 1.29 is 28.5 Å². The van der Waals surface area contributed by atoms with Crippen molar-refractivity contribution in [1.29, 1.82) is 0 Å². The van der Waals surface area contributed by atoms with E-state index >= 15 is 0 Å². The fourth-order valence-corrected chi connectivity index (χ4v) is 2.93. The minimum absolute atomic E-state index is 0. The van der Waals surface area contributed by atoms with Gasteiger partial charge in [-0.3, -0.25) is 0 Å². The van der Waals surface area contributed by atoms with Crippen molar-refractivity contribution in [3.63, 3.8) is 0 Å². The van der Waals surface area contributed by atoms with Crippen molar-refractivity contribution in [2.45, 2.75) is 6.92 Å². The smallest absolute Gasteiger partial charge is 0.178 e. The van der Waals surface area contributed by atoms with Gasteiger partial charge in [-0.15, -0.1) is 0 Å². The van der Waals surface area contributed by atoms with E-state index in [1.807, 2.05) is 0 Å². The van der Waals surface area contributed by atoms with E-state index < -0.39 is 0 Å². The summed E-state index contributed by atoms with van der Waals surface area (Å²) in [6, 6.07) is 13.0. The van der Waals surface area contributed by atoms with Crippen molar-refractivity contribution in [1.82, 2.24) is 4.40 Å². The molecule has 0 radical (unpaired) electrons. The Morgan fingerprint density at radius 1 is 1.00 bits per heavy atom. The molecule has 0 aliphatic carbocycles. The molecule has 0 atom stereocenters. The van der Waals surface area contributed by atoms with Crippen LogP contribution in [0.15, 0.2) is 55.0 Å². The lowest BCUT2D eigenvalue weighted by molar-refractivity contribution is -0.670. The number of para-hydroxylation sites is 1. The van der Waals surface area contributed by atoms with Crippen molar-refractivity contribution in [2.24, 2.45) is 7.05 Å². The zero-order chi connectivity index (χ0) is 13.0. The minimum Gasteiger partial charge on any atom is -1.00 e. The normalized spacial score (nSPS) is 11.1.